The van der Waals surface area contributed by atoms with Crippen LogP contribution in [0.25, 0.3) is 22.5 Å². The van der Waals surface area contributed by atoms with E-state index in [1.54, 1.807) is 0 Å². The predicted octanol–water partition coefficient (Wildman–Crippen LogP) is 5.95. The second kappa shape index (κ2) is 9.30. The number of aromatic nitrogens is 2. The van der Waals surface area contributed by atoms with E-state index in [0.717, 1.165) is 43.7 Å². The van der Waals surface area contributed by atoms with Gasteiger partial charge in [-0.3, -0.25) is 9.97 Å². The first kappa shape index (κ1) is 22.5. The van der Waals surface area contributed by atoms with E-state index < -0.39 is 0 Å². The Morgan fingerprint density at radius 3 is 1.37 bits per heavy atom. The first-order chi connectivity index (χ1) is 14.0. The number of benzene rings is 2. The van der Waals surface area contributed by atoms with Crippen molar-refractivity contribution in [2.45, 2.75) is 29.1 Å². The first-order valence-corrected chi connectivity index (χ1v) is 10.3. The molecule has 30 heavy (non-hydrogen) atoms. The van der Waals surface area contributed by atoms with Gasteiger partial charge in [-0.25, -0.2) is 0 Å². The van der Waals surface area contributed by atoms with Gasteiger partial charge in [-0.05, 0) is 49.2 Å². The fraction of sp³-hybridized carbons (Fsp3) is 0.120. The average Bonchev–Trinajstić information content (AvgIpc) is 2.74. The van der Waals surface area contributed by atoms with E-state index in [0.29, 0.717) is 0 Å². The van der Waals surface area contributed by atoms with Crippen LogP contribution in [0, 0.1) is 0 Å². The molecule has 4 aromatic rings. The van der Waals surface area contributed by atoms with Gasteiger partial charge >= 0.3 is 19.5 Å². The summed E-state index contributed by atoms with van der Waals surface area (Å²) in [5, 5.41) is 0. The van der Waals surface area contributed by atoms with E-state index in [4.69, 9.17) is 35.2 Å². The molecule has 0 aliphatic rings. The van der Waals surface area contributed by atoms with Crippen molar-refractivity contribution in [3.05, 3.63) is 96.3 Å². The Balaban J connectivity index is 0.00000256. The molecule has 0 amide bonds. The second-order valence-electron chi connectivity index (χ2n) is 7.43. The molecule has 0 aliphatic heterocycles. The van der Waals surface area contributed by atoms with Crippen LogP contribution in [0.5, 0.6) is 0 Å². The standard InChI is InChI=1S/C25H22N2S2.Zn/c1-25(2,23-15-7-11-19(26-23)17-9-3-5-13-21(17)28)24-16-8-12-20(27-24)18-10-4-6-14-22(18)29;/h3-16,28-29H,1-2H3;/q;+2/p-2. The van der Waals surface area contributed by atoms with Crippen molar-refractivity contribution >= 4 is 25.3 Å². The number of hydrogen-bond donors (Lipinski definition) is 0. The summed E-state index contributed by atoms with van der Waals surface area (Å²) in [5.41, 5.74) is 5.23. The molecule has 0 unspecified atom stereocenters. The molecule has 2 aromatic heterocycles. The van der Waals surface area contributed by atoms with E-state index >= 15 is 0 Å². The maximum Gasteiger partial charge on any atom is 2.00 e. The maximum atomic E-state index is 5.49. The van der Waals surface area contributed by atoms with Crippen LogP contribution < -0.4 is 0 Å². The third-order valence-electron chi connectivity index (χ3n) is 5.10. The number of rotatable bonds is 4. The van der Waals surface area contributed by atoms with Crippen LogP contribution in [0.2, 0.25) is 0 Å². The van der Waals surface area contributed by atoms with Crippen molar-refractivity contribution in [3.8, 4) is 22.5 Å². The van der Waals surface area contributed by atoms with Crippen LogP contribution in [0.3, 0.4) is 0 Å². The van der Waals surface area contributed by atoms with Crippen molar-refractivity contribution in [2.24, 2.45) is 0 Å². The molecule has 144 valence electrons. The summed E-state index contributed by atoms with van der Waals surface area (Å²) in [7, 11) is 0. The SMILES string of the molecule is CC(C)(c1cccc(-c2ccccc2[S-])n1)c1cccc(-c2ccccc2[S-])n1.[Zn+2]. The largest absolute Gasteiger partial charge is 2.00 e. The minimum absolute atomic E-state index is 0. The smallest absolute Gasteiger partial charge is 0.779 e. The van der Waals surface area contributed by atoms with Gasteiger partial charge in [0.1, 0.15) is 0 Å². The molecule has 0 atom stereocenters. The van der Waals surface area contributed by atoms with Crippen LogP contribution in [0.1, 0.15) is 25.2 Å². The topological polar surface area (TPSA) is 25.8 Å². The van der Waals surface area contributed by atoms with Gasteiger partial charge in [-0.15, -0.1) is 0 Å². The molecule has 2 nitrogen and oxygen atoms in total. The Morgan fingerprint density at radius 2 is 0.967 bits per heavy atom. The van der Waals surface area contributed by atoms with Crippen molar-refractivity contribution in [1.29, 1.82) is 0 Å². The van der Waals surface area contributed by atoms with E-state index in [2.05, 4.69) is 13.8 Å². The molecular weight excluding hydrogens is 458 g/mol. The van der Waals surface area contributed by atoms with Crippen LogP contribution >= 0.6 is 0 Å². The summed E-state index contributed by atoms with van der Waals surface area (Å²) in [5.74, 6) is 0. The zero-order chi connectivity index (χ0) is 20.4. The molecule has 2 heterocycles. The Kier molecular flexibility index (Phi) is 6.97. The Labute approximate surface area is 201 Å². The van der Waals surface area contributed by atoms with Crippen LogP contribution in [-0.4, -0.2) is 9.97 Å². The summed E-state index contributed by atoms with van der Waals surface area (Å²) in [4.78, 5) is 11.5. The van der Waals surface area contributed by atoms with Gasteiger partial charge in [-0.1, -0.05) is 60.7 Å². The molecule has 2 aromatic carbocycles. The third-order valence-corrected chi connectivity index (χ3v) is 5.82. The van der Waals surface area contributed by atoms with Gasteiger partial charge in [0.25, 0.3) is 0 Å². The van der Waals surface area contributed by atoms with Crippen molar-refractivity contribution in [2.75, 3.05) is 0 Å². The average molecular weight is 478 g/mol. The fourth-order valence-corrected chi connectivity index (χ4v) is 3.86. The van der Waals surface area contributed by atoms with E-state index in [-0.39, 0.29) is 24.9 Å². The molecule has 0 aliphatic carbocycles. The molecule has 5 heteroatoms. The zero-order valence-electron chi connectivity index (χ0n) is 17.0. The molecule has 0 spiro atoms. The summed E-state index contributed by atoms with van der Waals surface area (Å²) < 4.78 is 0. The fourth-order valence-electron chi connectivity index (χ4n) is 3.35. The van der Waals surface area contributed by atoms with Crippen molar-refractivity contribution in [1.82, 2.24) is 9.97 Å². The summed E-state index contributed by atoms with van der Waals surface area (Å²) in [6.07, 6.45) is 0. The Morgan fingerprint density at radius 1 is 0.567 bits per heavy atom. The van der Waals surface area contributed by atoms with Crippen LogP contribution in [0.15, 0.2) is 94.7 Å². The van der Waals surface area contributed by atoms with Crippen LogP contribution in [0.4, 0.5) is 0 Å². The number of hydrogen-bond acceptors (Lipinski definition) is 4. The van der Waals surface area contributed by atoms with E-state index in [1.165, 1.54) is 0 Å². The van der Waals surface area contributed by atoms with Gasteiger partial charge in [0.15, 0.2) is 0 Å². The second-order valence-corrected chi connectivity index (χ2v) is 8.31. The minimum Gasteiger partial charge on any atom is -0.779 e. The summed E-state index contributed by atoms with van der Waals surface area (Å²) in [6, 6.07) is 27.9. The minimum atomic E-state index is -0.376. The van der Waals surface area contributed by atoms with Crippen molar-refractivity contribution < 1.29 is 19.5 Å². The molecular formula is C25H20N2S2Zn. The molecule has 0 fully saturated rings. The van der Waals surface area contributed by atoms with Gasteiger partial charge in [0.2, 0.25) is 0 Å². The normalized spacial score (nSPS) is 11.0. The molecule has 4 rings (SSSR count). The third kappa shape index (κ3) is 4.44. The van der Waals surface area contributed by atoms with Gasteiger partial charge in [0.05, 0.1) is 22.8 Å². The predicted molar refractivity (Wildman–Crippen MR) is 123 cm³/mol. The summed E-state index contributed by atoms with van der Waals surface area (Å²) >= 11 is 11.0. The quantitative estimate of drug-likeness (QED) is 0.268. The van der Waals surface area contributed by atoms with Crippen LogP contribution in [-0.2, 0) is 50.2 Å². The molecule has 0 saturated heterocycles. The molecule has 0 saturated carbocycles. The monoisotopic (exact) mass is 476 g/mol. The molecule has 0 bridgehead atoms. The van der Waals surface area contributed by atoms with Gasteiger partial charge < -0.3 is 25.3 Å². The zero-order valence-corrected chi connectivity index (χ0v) is 21.6. The van der Waals surface area contributed by atoms with Gasteiger partial charge in [-0.2, -0.15) is 9.79 Å². The molecule has 0 radical (unpaired) electrons. The number of nitrogens with zero attached hydrogens (tertiary/aromatic N) is 2. The van der Waals surface area contributed by atoms with Crippen molar-refractivity contribution in [3.63, 3.8) is 0 Å². The van der Waals surface area contributed by atoms with Gasteiger partial charge in [0, 0.05) is 5.41 Å². The Bertz CT molecular complexity index is 1080. The first-order valence-electron chi connectivity index (χ1n) is 9.45. The van der Waals surface area contributed by atoms with E-state index in [1.807, 2.05) is 84.9 Å². The Hall–Kier alpha value is -2.20. The number of pyridine rings is 2. The summed E-state index contributed by atoms with van der Waals surface area (Å²) in [6.45, 7) is 4.29. The maximum absolute atomic E-state index is 5.49. The van der Waals surface area contributed by atoms with E-state index in [9.17, 15) is 0 Å². The molecule has 0 N–H and O–H groups in total.